The lowest BCUT2D eigenvalue weighted by Gasteiger charge is -2.34. The van der Waals surface area contributed by atoms with E-state index in [2.05, 4.69) is 53.2 Å². The first-order chi connectivity index (χ1) is 18.1. The summed E-state index contributed by atoms with van der Waals surface area (Å²) in [5, 5.41) is 4.88. The molecule has 3 fully saturated rings. The molecular formula is C31H31N3O3. The average Bonchev–Trinajstić information content (AvgIpc) is 3.29. The number of morpholine rings is 1. The van der Waals surface area contributed by atoms with E-state index in [1.807, 2.05) is 18.2 Å². The van der Waals surface area contributed by atoms with Crippen molar-refractivity contribution in [2.24, 2.45) is 0 Å². The summed E-state index contributed by atoms with van der Waals surface area (Å²) < 4.78 is 5.73. The molecule has 0 spiro atoms. The standard InChI is InChI=1S/C31H31N3O3/c1-19-5-13-28(30(35)32-19)34-27-14-10-22(25-3-2-4-26(29(25)27)31(34)36)15-20-6-8-21(9-7-20)16-33-23-11-12-24(33)18-37-17-23/h2-4,6-10,14,23-24,28H,1,5,11-13,15-18H2,(H,32,35). The summed E-state index contributed by atoms with van der Waals surface area (Å²) in [6.07, 6.45) is 4.55. The quantitative estimate of drug-likeness (QED) is 0.567. The van der Waals surface area contributed by atoms with Crippen molar-refractivity contribution in [3.05, 3.63) is 89.1 Å². The topological polar surface area (TPSA) is 61.9 Å². The molecule has 0 aromatic heterocycles. The molecule has 3 unspecified atom stereocenters. The van der Waals surface area contributed by atoms with E-state index in [0.717, 1.165) is 42.6 Å². The minimum atomic E-state index is -0.506. The van der Waals surface area contributed by atoms with Crippen molar-refractivity contribution >= 4 is 28.3 Å². The molecule has 3 saturated heterocycles. The normalized spacial score (nSPS) is 25.2. The largest absolute Gasteiger partial charge is 0.378 e. The van der Waals surface area contributed by atoms with E-state index in [9.17, 15) is 9.59 Å². The van der Waals surface area contributed by atoms with Gasteiger partial charge < -0.3 is 10.1 Å². The molecule has 188 valence electrons. The second-order valence-electron chi connectivity index (χ2n) is 10.9. The number of carbonyl (C=O) groups excluding carboxylic acids is 2. The van der Waals surface area contributed by atoms with Gasteiger partial charge in [-0.2, -0.15) is 0 Å². The second kappa shape index (κ2) is 8.82. The Labute approximate surface area is 216 Å². The molecule has 3 aromatic carbocycles. The van der Waals surface area contributed by atoms with Crippen molar-refractivity contribution in [2.75, 3.05) is 18.1 Å². The molecule has 2 amide bonds. The van der Waals surface area contributed by atoms with Crippen LogP contribution in [0.5, 0.6) is 0 Å². The number of fused-ring (bicyclic) bond motifs is 2. The predicted octanol–water partition coefficient (Wildman–Crippen LogP) is 4.55. The van der Waals surface area contributed by atoms with E-state index in [1.165, 1.54) is 29.5 Å². The van der Waals surface area contributed by atoms with Crippen LogP contribution in [0.2, 0.25) is 0 Å². The number of carbonyl (C=O) groups is 2. The predicted molar refractivity (Wildman–Crippen MR) is 143 cm³/mol. The highest BCUT2D eigenvalue weighted by atomic mass is 16.5. The number of ether oxygens (including phenoxy) is 1. The van der Waals surface area contributed by atoms with Gasteiger partial charge in [0.1, 0.15) is 6.04 Å². The molecule has 7 rings (SSSR count). The van der Waals surface area contributed by atoms with Gasteiger partial charge in [0.2, 0.25) is 5.91 Å². The maximum Gasteiger partial charge on any atom is 0.259 e. The van der Waals surface area contributed by atoms with Crippen LogP contribution < -0.4 is 10.2 Å². The van der Waals surface area contributed by atoms with Crippen LogP contribution in [0.1, 0.15) is 52.7 Å². The van der Waals surface area contributed by atoms with Crippen molar-refractivity contribution < 1.29 is 14.3 Å². The van der Waals surface area contributed by atoms with Gasteiger partial charge in [-0.25, -0.2) is 0 Å². The van der Waals surface area contributed by atoms with E-state index < -0.39 is 6.04 Å². The Hall–Kier alpha value is -3.48. The van der Waals surface area contributed by atoms with E-state index in [4.69, 9.17) is 4.74 Å². The molecule has 0 aliphatic carbocycles. The fourth-order valence-corrected chi connectivity index (χ4v) is 6.70. The minimum Gasteiger partial charge on any atom is -0.378 e. The molecule has 3 aromatic rings. The number of allylic oxidation sites excluding steroid dienone is 1. The average molecular weight is 494 g/mol. The number of nitrogens with zero attached hydrogens (tertiary/aromatic N) is 2. The zero-order chi connectivity index (χ0) is 25.1. The molecule has 0 radical (unpaired) electrons. The lowest BCUT2D eigenvalue weighted by Crippen LogP contribution is -2.51. The van der Waals surface area contributed by atoms with Crippen molar-refractivity contribution in [3.8, 4) is 0 Å². The summed E-state index contributed by atoms with van der Waals surface area (Å²) in [6.45, 7) is 6.58. The van der Waals surface area contributed by atoms with Gasteiger partial charge in [0, 0.05) is 35.3 Å². The van der Waals surface area contributed by atoms with Crippen LogP contribution in [0.3, 0.4) is 0 Å². The van der Waals surface area contributed by atoms with E-state index in [1.54, 1.807) is 4.90 Å². The van der Waals surface area contributed by atoms with Crippen LogP contribution in [-0.4, -0.2) is 48.1 Å². The zero-order valence-electron chi connectivity index (χ0n) is 20.9. The summed E-state index contributed by atoms with van der Waals surface area (Å²) >= 11 is 0. The fourth-order valence-electron chi connectivity index (χ4n) is 6.70. The van der Waals surface area contributed by atoms with Gasteiger partial charge in [-0.3, -0.25) is 19.4 Å². The first-order valence-corrected chi connectivity index (χ1v) is 13.3. The highest BCUT2D eigenvalue weighted by molar-refractivity contribution is 6.27. The van der Waals surface area contributed by atoms with Crippen LogP contribution >= 0.6 is 0 Å². The molecular weight excluding hydrogens is 462 g/mol. The lowest BCUT2D eigenvalue weighted by molar-refractivity contribution is -0.122. The SMILES string of the molecule is C=C1CCC(N2C(=O)c3cccc4c(Cc5ccc(CN6C7CCC6COC7)cc5)ccc2c34)C(=O)N1. The molecule has 1 N–H and O–H groups in total. The molecule has 4 heterocycles. The fraction of sp³-hybridized carbons (Fsp3) is 0.355. The second-order valence-corrected chi connectivity index (χ2v) is 10.9. The molecule has 3 atom stereocenters. The maximum absolute atomic E-state index is 13.4. The third-order valence-electron chi connectivity index (χ3n) is 8.63. The molecule has 37 heavy (non-hydrogen) atoms. The monoisotopic (exact) mass is 493 g/mol. The number of hydrogen-bond acceptors (Lipinski definition) is 4. The number of amides is 2. The number of hydrogen-bond donors (Lipinski definition) is 1. The van der Waals surface area contributed by atoms with Crippen molar-refractivity contribution in [2.45, 2.75) is 56.8 Å². The number of anilines is 1. The summed E-state index contributed by atoms with van der Waals surface area (Å²) in [7, 11) is 0. The van der Waals surface area contributed by atoms with Crippen LogP contribution in [0.4, 0.5) is 5.69 Å². The summed E-state index contributed by atoms with van der Waals surface area (Å²) in [5.41, 5.74) is 6.02. The Kier molecular flexibility index (Phi) is 5.41. The smallest absolute Gasteiger partial charge is 0.259 e. The molecule has 2 bridgehead atoms. The van der Waals surface area contributed by atoms with Gasteiger partial charge in [-0.05, 0) is 66.3 Å². The third-order valence-corrected chi connectivity index (χ3v) is 8.63. The van der Waals surface area contributed by atoms with E-state index in [0.29, 0.717) is 36.2 Å². The molecule has 0 saturated carbocycles. The number of benzene rings is 3. The van der Waals surface area contributed by atoms with E-state index >= 15 is 0 Å². The first kappa shape index (κ1) is 22.7. The van der Waals surface area contributed by atoms with Crippen LogP contribution in [0.15, 0.2) is 66.9 Å². The highest BCUT2D eigenvalue weighted by Crippen LogP contribution is 2.41. The Bertz CT molecular complexity index is 1410. The first-order valence-electron chi connectivity index (χ1n) is 13.3. The molecule has 4 aliphatic rings. The van der Waals surface area contributed by atoms with Gasteiger partial charge in [0.15, 0.2) is 0 Å². The molecule has 4 aliphatic heterocycles. The summed E-state index contributed by atoms with van der Waals surface area (Å²) in [5.74, 6) is -0.244. The van der Waals surface area contributed by atoms with Gasteiger partial charge in [0.25, 0.3) is 5.91 Å². The number of nitrogens with one attached hydrogen (secondary N) is 1. The molecule has 6 nitrogen and oxygen atoms in total. The van der Waals surface area contributed by atoms with Crippen LogP contribution in [-0.2, 0) is 22.5 Å². The van der Waals surface area contributed by atoms with Gasteiger partial charge in [-0.1, -0.05) is 49.0 Å². The Morgan fingerprint density at radius 2 is 1.68 bits per heavy atom. The Morgan fingerprint density at radius 3 is 2.43 bits per heavy atom. The minimum absolute atomic E-state index is 0.0909. The van der Waals surface area contributed by atoms with Crippen molar-refractivity contribution in [1.29, 1.82) is 0 Å². The van der Waals surface area contributed by atoms with Gasteiger partial charge in [0.05, 0.1) is 18.9 Å². The zero-order valence-corrected chi connectivity index (χ0v) is 20.9. The Morgan fingerprint density at radius 1 is 0.919 bits per heavy atom. The number of piperidine rings is 1. The van der Waals surface area contributed by atoms with Crippen LogP contribution in [0, 0.1) is 0 Å². The van der Waals surface area contributed by atoms with E-state index in [-0.39, 0.29) is 11.8 Å². The maximum atomic E-state index is 13.4. The summed E-state index contributed by atoms with van der Waals surface area (Å²) in [6, 6.07) is 19.7. The highest BCUT2D eigenvalue weighted by Gasteiger charge is 2.40. The van der Waals surface area contributed by atoms with Crippen molar-refractivity contribution in [1.82, 2.24) is 10.2 Å². The summed E-state index contributed by atoms with van der Waals surface area (Å²) in [4.78, 5) is 30.5. The number of rotatable bonds is 5. The Balaban J connectivity index is 1.15. The lowest BCUT2D eigenvalue weighted by atomic mass is 9.95. The van der Waals surface area contributed by atoms with Crippen molar-refractivity contribution in [3.63, 3.8) is 0 Å². The third kappa shape index (κ3) is 3.78. The van der Waals surface area contributed by atoms with Crippen LogP contribution in [0.25, 0.3) is 10.8 Å². The van der Waals surface area contributed by atoms with Gasteiger partial charge >= 0.3 is 0 Å². The van der Waals surface area contributed by atoms with Gasteiger partial charge in [-0.15, -0.1) is 0 Å². The molecule has 6 heteroatoms.